The van der Waals surface area contributed by atoms with Crippen LogP contribution in [0.1, 0.15) is 13.8 Å². The molecule has 6 heteroatoms. The first-order valence-corrected chi connectivity index (χ1v) is 3.24. The van der Waals surface area contributed by atoms with Crippen LogP contribution in [0.4, 0.5) is 0 Å². The van der Waals surface area contributed by atoms with Crippen molar-refractivity contribution in [3.05, 3.63) is 0 Å². The SMILES string of the molecule is CC(N)C(=O)NC(C)C(=O)O.[NaH]. The zero-order valence-corrected chi connectivity index (χ0v) is 6.50. The number of hydrogen-bond acceptors (Lipinski definition) is 3. The molecule has 66 valence electrons. The van der Waals surface area contributed by atoms with Crippen LogP contribution in [0.3, 0.4) is 0 Å². The zero-order chi connectivity index (χ0) is 9.02. The average molecular weight is 184 g/mol. The van der Waals surface area contributed by atoms with E-state index in [4.69, 9.17) is 10.8 Å². The molecule has 0 aromatic rings. The molecule has 0 heterocycles. The fraction of sp³-hybridized carbons (Fsp3) is 0.667. The number of aliphatic carboxylic acids is 1. The summed E-state index contributed by atoms with van der Waals surface area (Å²) in [7, 11) is 0. The van der Waals surface area contributed by atoms with Gasteiger partial charge in [0, 0.05) is 0 Å². The second-order valence-corrected chi connectivity index (χ2v) is 2.36. The summed E-state index contributed by atoms with van der Waals surface area (Å²) in [5, 5.41) is 10.6. The Balaban J connectivity index is 0. The number of carbonyl (C=O) groups excluding carboxylic acids is 1. The van der Waals surface area contributed by atoms with E-state index in [1.54, 1.807) is 0 Å². The molecule has 12 heavy (non-hydrogen) atoms. The summed E-state index contributed by atoms with van der Waals surface area (Å²) in [6, 6.07) is -1.55. The van der Waals surface area contributed by atoms with E-state index >= 15 is 0 Å². The van der Waals surface area contributed by atoms with Gasteiger partial charge in [0.05, 0.1) is 6.04 Å². The number of carboxylic acid groups (broad SMARTS) is 1. The van der Waals surface area contributed by atoms with E-state index in [2.05, 4.69) is 5.32 Å². The number of nitrogens with one attached hydrogen (secondary N) is 1. The normalized spacial score (nSPS) is 13.9. The molecular weight excluding hydrogens is 171 g/mol. The van der Waals surface area contributed by atoms with Gasteiger partial charge in [0.25, 0.3) is 0 Å². The van der Waals surface area contributed by atoms with Crippen molar-refractivity contribution >= 4 is 41.4 Å². The van der Waals surface area contributed by atoms with E-state index in [1.807, 2.05) is 0 Å². The molecule has 0 radical (unpaired) electrons. The molecule has 0 aliphatic rings. The summed E-state index contributed by atoms with van der Waals surface area (Å²) >= 11 is 0. The van der Waals surface area contributed by atoms with Crippen molar-refractivity contribution in [1.29, 1.82) is 0 Å². The van der Waals surface area contributed by atoms with Crippen LogP contribution < -0.4 is 11.1 Å². The van der Waals surface area contributed by atoms with E-state index in [1.165, 1.54) is 13.8 Å². The maximum atomic E-state index is 10.8. The molecule has 0 fully saturated rings. The molecular formula is C6H13N2NaO3. The molecule has 0 saturated heterocycles. The summed E-state index contributed by atoms with van der Waals surface area (Å²) < 4.78 is 0. The van der Waals surface area contributed by atoms with Crippen LogP contribution in [-0.2, 0) is 9.59 Å². The molecule has 0 aromatic carbocycles. The van der Waals surface area contributed by atoms with Crippen molar-refractivity contribution in [3.63, 3.8) is 0 Å². The molecule has 0 saturated carbocycles. The predicted octanol–water partition coefficient (Wildman–Crippen LogP) is -1.73. The van der Waals surface area contributed by atoms with Crippen molar-refractivity contribution in [3.8, 4) is 0 Å². The third kappa shape index (κ3) is 5.54. The van der Waals surface area contributed by atoms with Crippen LogP contribution >= 0.6 is 0 Å². The monoisotopic (exact) mass is 184 g/mol. The Morgan fingerprint density at radius 2 is 1.83 bits per heavy atom. The van der Waals surface area contributed by atoms with Gasteiger partial charge in [-0.25, -0.2) is 0 Å². The van der Waals surface area contributed by atoms with Crippen LogP contribution in [0.25, 0.3) is 0 Å². The number of rotatable bonds is 3. The maximum absolute atomic E-state index is 10.8. The van der Waals surface area contributed by atoms with Gasteiger partial charge in [-0.1, -0.05) is 0 Å². The molecule has 2 atom stereocenters. The van der Waals surface area contributed by atoms with Gasteiger partial charge in [-0.2, -0.15) is 0 Å². The summed E-state index contributed by atoms with van der Waals surface area (Å²) in [5.74, 6) is -1.53. The Morgan fingerprint density at radius 1 is 1.42 bits per heavy atom. The van der Waals surface area contributed by atoms with Gasteiger partial charge in [0.1, 0.15) is 6.04 Å². The zero-order valence-electron chi connectivity index (χ0n) is 6.50. The second-order valence-electron chi connectivity index (χ2n) is 2.36. The quantitative estimate of drug-likeness (QED) is 0.455. The number of carboxylic acids is 1. The van der Waals surface area contributed by atoms with Gasteiger partial charge in [0.15, 0.2) is 0 Å². The summed E-state index contributed by atoms with van der Waals surface area (Å²) in [4.78, 5) is 21.0. The van der Waals surface area contributed by atoms with Crippen molar-refractivity contribution < 1.29 is 14.7 Å². The third-order valence-electron chi connectivity index (χ3n) is 1.14. The van der Waals surface area contributed by atoms with Crippen LogP contribution in [0, 0.1) is 0 Å². The Kier molecular flexibility index (Phi) is 7.72. The molecule has 0 aromatic heterocycles. The topological polar surface area (TPSA) is 92.4 Å². The second kappa shape index (κ2) is 6.42. The predicted molar refractivity (Wildman–Crippen MR) is 46.0 cm³/mol. The molecule has 5 nitrogen and oxygen atoms in total. The van der Waals surface area contributed by atoms with Gasteiger partial charge < -0.3 is 16.2 Å². The van der Waals surface area contributed by atoms with Crippen LogP contribution in [-0.4, -0.2) is 58.6 Å². The van der Waals surface area contributed by atoms with Gasteiger partial charge in [-0.3, -0.25) is 9.59 Å². The number of nitrogens with two attached hydrogens (primary N) is 1. The number of amides is 1. The summed E-state index contributed by atoms with van der Waals surface area (Å²) in [5.41, 5.74) is 5.18. The van der Waals surface area contributed by atoms with E-state index in [9.17, 15) is 9.59 Å². The first-order chi connectivity index (χ1) is 4.95. The first kappa shape index (κ1) is 14.4. The molecule has 2 unspecified atom stereocenters. The Morgan fingerprint density at radius 3 is 2.08 bits per heavy atom. The van der Waals surface area contributed by atoms with Crippen LogP contribution in [0.2, 0.25) is 0 Å². The number of carbonyl (C=O) groups is 2. The molecule has 1 amide bonds. The molecule has 0 aliphatic carbocycles. The van der Waals surface area contributed by atoms with Crippen molar-refractivity contribution in [1.82, 2.24) is 5.32 Å². The number of hydrogen-bond donors (Lipinski definition) is 3. The van der Waals surface area contributed by atoms with Gasteiger partial charge in [-0.15, -0.1) is 0 Å². The van der Waals surface area contributed by atoms with E-state index in [0.717, 1.165) is 0 Å². The van der Waals surface area contributed by atoms with Crippen molar-refractivity contribution in [2.45, 2.75) is 25.9 Å². The fourth-order valence-corrected chi connectivity index (χ4v) is 0.407. The molecule has 0 rings (SSSR count). The average Bonchev–Trinajstić information content (AvgIpc) is 1.87. The molecule has 0 bridgehead atoms. The summed E-state index contributed by atoms with van der Waals surface area (Å²) in [6.45, 7) is 2.87. The van der Waals surface area contributed by atoms with Gasteiger partial charge in [0.2, 0.25) is 5.91 Å². The van der Waals surface area contributed by atoms with Crippen LogP contribution in [0.5, 0.6) is 0 Å². The van der Waals surface area contributed by atoms with E-state index in [0.29, 0.717) is 0 Å². The van der Waals surface area contributed by atoms with Gasteiger partial charge in [-0.05, 0) is 13.8 Å². The van der Waals surface area contributed by atoms with Crippen LogP contribution in [0.15, 0.2) is 0 Å². The third-order valence-corrected chi connectivity index (χ3v) is 1.14. The van der Waals surface area contributed by atoms with Crippen molar-refractivity contribution in [2.24, 2.45) is 5.73 Å². The first-order valence-electron chi connectivity index (χ1n) is 3.24. The minimum absolute atomic E-state index is 0. The standard InChI is InChI=1S/C6H12N2O3.Na.H/c1-3(7)5(9)8-4(2)6(10)11;;/h3-4H,7H2,1-2H3,(H,8,9)(H,10,11);;. The van der Waals surface area contributed by atoms with Crippen molar-refractivity contribution in [2.75, 3.05) is 0 Å². The van der Waals surface area contributed by atoms with E-state index < -0.39 is 24.0 Å². The molecule has 0 spiro atoms. The molecule has 4 N–H and O–H groups in total. The Bertz CT molecular complexity index is 172. The van der Waals surface area contributed by atoms with Gasteiger partial charge >= 0.3 is 35.5 Å². The fourth-order valence-electron chi connectivity index (χ4n) is 0.407. The summed E-state index contributed by atoms with van der Waals surface area (Å²) in [6.07, 6.45) is 0. The molecule has 0 aliphatic heterocycles. The van der Waals surface area contributed by atoms with E-state index in [-0.39, 0.29) is 29.6 Å². The Labute approximate surface area is 93.0 Å². The minimum atomic E-state index is -1.07. The Hall–Kier alpha value is -0.100.